The molecule has 0 fully saturated rings. The van der Waals surface area contributed by atoms with Gasteiger partial charge in [-0.2, -0.15) is 10.4 Å². The molecule has 0 saturated heterocycles. The van der Waals surface area contributed by atoms with Gasteiger partial charge in [-0.1, -0.05) is 37.3 Å². The van der Waals surface area contributed by atoms with E-state index in [1.54, 1.807) is 12.3 Å². The summed E-state index contributed by atoms with van der Waals surface area (Å²) in [6.45, 7) is 1.94. The lowest BCUT2D eigenvalue weighted by Gasteiger charge is -2.47. The molecule has 0 amide bonds. The van der Waals surface area contributed by atoms with Gasteiger partial charge >= 0.3 is 0 Å². The molecule has 30 heavy (non-hydrogen) atoms. The summed E-state index contributed by atoms with van der Waals surface area (Å²) in [6.07, 6.45) is 5.24. The molecule has 6 nitrogen and oxygen atoms in total. The van der Waals surface area contributed by atoms with Gasteiger partial charge in [0.2, 0.25) is 0 Å². The third-order valence-electron chi connectivity index (χ3n) is 6.65. The van der Waals surface area contributed by atoms with Crippen LogP contribution in [0.5, 0.6) is 0 Å². The van der Waals surface area contributed by atoms with Gasteiger partial charge in [-0.15, -0.1) is 0 Å². The van der Waals surface area contributed by atoms with Crippen molar-refractivity contribution in [2.24, 2.45) is 11.8 Å². The first-order chi connectivity index (χ1) is 14.6. The predicted octanol–water partition coefficient (Wildman–Crippen LogP) is 3.57. The molecule has 2 heterocycles. The molecule has 0 bridgehead atoms. The molecule has 2 aliphatic rings. The number of H-pyrrole nitrogens is 1. The lowest BCUT2D eigenvalue weighted by atomic mass is 9.54. The summed E-state index contributed by atoms with van der Waals surface area (Å²) in [4.78, 5) is 17.0. The molecule has 0 saturated carbocycles. The van der Waals surface area contributed by atoms with Crippen LogP contribution in [-0.2, 0) is 16.6 Å². The number of pyridine rings is 1. The Morgan fingerprint density at radius 2 is 2.03 bits per heavy atom. The maximum absolute atomic E-state index is 12.8. The number of nitrogens with one attached hydrogen (secondary N) is 1. The first-order valence-electron chi connectivity index (χ1n) is 10.1. The summed E-state index contributed by atoms with van der Waals surface area (Å²) in [5.41, 5.74) is 10.2. The van der Waals surface area contributed by atoms with Gasteiger partial charge in [0.1, 0.15) is 11.9 Å². The summed E-state index contributed by atoms with van der Waals surface area (Å²) in [7, 11) is 0. The highest BCUT2D eigenvalue weighted by Crippen LogP contribution is 2.54. The van der Waals surface area contributed by atoms with Crippen molar-refractivity contribution < 1.29 is 4.79 Å². The minimum absolute atomic E-state index is 0.0395. The number of allylic oxidation sites excluding steroid dienone is 2. The summed E-state index contributed by atoms with van der Waals surface area (Å²) in [5, 5.41) is 17.7. The van der Waals surface area contributed by atoms with Crippen molar-refractivity contribution in [1.82, 2.24) is 15.2 Å². The van der Waals surface area contributed by atoms with Crippen molar-refractivity contribution in [2.45, 2.75) is 25.2 Å². The van der Waals surface area contributed by atoms with E-state index in [4.69, 9.17) is 10.8 Å². The number of nitrogen functional groups attached to an aromatic ring is 1. The fourth-order valence-corrected chi connectivity index (χ4v) is 5.23. The van der Waals surface area contributed by atoms with E-state index >= 15 is 0 Å². The number of benzene rings is 1. The van der Waals surface area contributed by atoms with E-state index in [1.165, 1.54) is 0 Å². The summed E-state index contributed by atoms with van der Waals surface area (Å²) in [5.74, 6) is 0.180. The monoisotopic (exact) mass is 395 g/mol. The highest BCUT2D eigenvalue weighted by atomic mass is 16.1. The van der Waals surface area contributed by atoms with E-state index in [0.717, 1.165) is 40.9 Å². The van der Waals surface area contributed by atoms with Crippen LogP contribution in [0.25, 0.3) is 11.3 Å². The highest BCUT2D eigenvalue weighted by molar-refractivity contribution is 6.02. The fourth-order valence-electron chi connectivity index (χ4n) is 5.23. The van der Waals surface area contributed by atoms with Crippen LogP contribution in [0.15, 0.2) is 60.3 Å². The zero-order valence-electron chi connectivity index (χ0n) is 16.6. The Morgan fingerprint density at radius 1 is 1.23 bits per heavy atom. The second-order valence-corrected chi connectivity index (χ2v) is 8.10. The molecular formula is C24H21N5O. The van der Waals surface area contributed by atoms with Gasteiger partial charge < -0.3 is 5.73 Å². The summed E-state index contributed by atoms with van der Waals surface area (Å²) in [6, 6.07) is 15.9. The van der Waals surface area contributed by atoms with Gasteiger partial charge in [0.05, 0.1) is 22.4 Å². The van der Waals surface area contributed by atoms with Crippen molar-refractivity contribution in [3.05, 3.63) is 77.1 Å². The van der Waals surface area contributed by atoms with Gasteiger partial charge in [0, 0.05) is 23.2 Å². The Hall–Kier alpha value is -3.72. The number of hydrogen-bond donors (Lipinski definition) is 2. The standard InChI is InChI=1S/C24H21N5O/c1-14-19-9-8-18-21(15-7-10-20(26)27-13-15)28-29-23(18)24(19,11-16(12-25)22(14)30)17-5-3-2-4-6-17/h2-7,10-11,13-14,19H,8-9H2,1H3,(H2,26,27)(H,28,29)/t14?,19?,24-/m1/s1. The molecule has 2 unspecified atom stereocenters. The van der Waals surface area contributed by atoms with Crippen molar-refractivity contribution >= 4 is 11.6 Å². The normalized spacial score (nSPS) is 25.1. The number of hydrogen-bond acceptors (Lipinski definition) is 5. The minimum Gasteiger partial charge on any atom is -0.384 e. The first kappa shape index (κ1) is 18.3. The van der Waals surface area contributed by atoms with Crippen LogP contribution in [0.1, 0.15) is 30.2 Å². The Morgan fingerprint density at radius 3 is 2.73 bits per heavy atom. The number of aromatic amines is 1. The Balaban J connectivity index is 1.79. The van der Waals surface area contributed by atoms with Crippen LogP contribution < -0.4 is 5.73 Å². The zero-order valence-corrected chi connectivity index (χ0v) is 16.6. The number of aromatic nitrogens is 3. The smallest absolute Gasteiger partial charge is 0.176 e. The molecule has 5 rings (SSSR count). The molecule has 2 aromatic heterocycles. The molecule has 3 aromatic rings. The number of anilines is 1. The molecule has 2 aliphatic carbocycles. The number of carbonyl (C=O) groups is 1. The number of fused-ring (bicyclic) bond motifs is 3. The number of carbonyl (C=O) groups excluding carboxylic acids is 1. The van der Waals surface area contributed by atoms with Gasteiger partial charge in [-0.3, -0.25) is 9.89 Å². The number of nitrogens with zero attached hydrogens (tertiary/aromatic N) is 3. The molecular weight excluding hydrogens is 374 g/mol. The zero-order chi connectivity index (χ0) is 20.9. The maximum atomic E-state index is 12.8. The molecule has 3 atom stereocenters. The van der Waals surface area contributed by atoms with Crippen LogP contribution in [0.4, 0.5) is 5.82 Å². The fraction of sp³-hybridized carbons (Fsp3) is 0.250. The molecule has 1 aromatic carbocycles. The number of ketones is 1. The number of rotatable bonds is 2. The van der Waals surface area contributed by atoms with Crippen molar-refractivity contribution in [1.29, 1.82) is 5.26 Å². The van der Waals surface area contributed by atoms with E-state index in [-0.39, 0.29) is 23.2 Å². The first-order valence-corrected chi connectivity index (χ1v) is 10.1. The van der Waals surface area contributed by atoms with E-state index in [9.17, 15) is 10.1 Å². The Kier molecular flexibility index (Phi) is 4.07. The van der Waals surface area contributed by atoms with Crippen LogP contribution >= 0.6 is 0 Å². The van der Waals surface area contributed by atoms with Crippen LogP contribution in [0, 0.1) is 23.2 Å². The molecule has 3 N–H and O–H groups in total. The third-order valence-corrected chi connectivity index (χ3v) is 6.65. The Bertz CT molecular complexity index is 1200. The van der Waals surface area contributed by atoms with Crippen LogP contribution in [-0.4, -0.2) is 21.0 Å². The lowest BCUT2D eigenvalue weighted by molar-refractivity contribution is -0.121. The molecule has 6 heteroatoms. The largest absolute Gasteiger partial charge is 0.384 e. The van der Waals surface area contributed by atoms with E-state index < -0.39 is 5.41 Å². The SMILES string of the molecule is CC1C(=O)C(C#N)=C[C@]2(c3ccccc3)c3n[nH]c(-c4ccc(N)nc4)c3CCC12. The molecule has 0 radical (unpaired) electrons. The average molecular weight is 395 g/mol. The molecule has 148 valence electrons. The number of nitriles is 1. The average Bonchev–Trinajstić information content (AvgIpc) is 3.22. The van der Waals surface area contributed by atoms with E-state index in [2.05, 4.69) is 28.3 Å². The second kappa shape index (κ2) is 6.67. The lowest BCUT2D eigenvalue weighted by Crippen LogP contribution is -2.48. The third kappa shape index (κ3) is 2.45. The van der Waals surface area contributed by atoms with Crippen molar-refractivity contribution in [3.63, 3.8) is 0 Å². The van der Waals surface area contributed by atoms with Gasteiger partial charge in [-0.05, 0) is 42.5 Å². The van der Waals surface area contributed by atoms with Crippen LogP contribution in [0.2, 0.25) is 0 Å². The van der Waals surface area contributed by atoms with E-state index in [1.807, 2.05) is 37.3 Å². The summed E-state index contributed by atoms with van der Waals surface area (Å²) < 4.78 is 0. The van der Waals surface area contributed by atoms with Gasteiger partial charge in [-0.25, -0.2) is 4.98 Å². The minimum atomic E-state index is -0.622. The quantitative estimate of drug-likeness (QED) is 0.689. The van der Waals surface area contributed by atoms with Crippen LogP contribution in [0.3, 0.4) is 0 Å². The molecule has 0 spiro atoms. The van der Waals surface area contributed by atoms with Crippen molar-refractivity contribution in [2.75, 3.05) is 5.73 Å². The van der Waals surface area contributed by atoms with E-state index in [0.29, 0.717) is 5.82 Å². The van der Waals surface area contributed by atoms with Gasteiger partial charge in [0.25, 0.3) is 0 Å². The summed E-state index contributed by atoms with van der Waals surface area (Å²) >= 11 is 0. The predicted molar refractivity (Wildman–Crippen MR) is 113 cm³/mol. The second-order valence-electron chi connectivity index (χ2n) is 8.10. The Labute approximate surface area is 174 Å². The highest BCUT2D eigenvalue weighted by Gasteiger charge is 2.53. The number of Topliss-reactive ketones (excluding diaryl/α,β-unsaturated/α-hetero) is 1. The van der Waals surface area contributed by atoms with Gasteiger partial charge in [0.15, 0.2) is 5.78 Å². The maximum Gasteiger partial charge on any atom is 0.176 e. The topological polar surface area (TPSA) is 108 Å². The molecule has 0 aliphatic heterocycles. The number of nitrogens with two attached hydrogens (primary N) is 1. The van der Waals surface area contributed by atoms with Crippen molar-refractivity contribution in [3.8, 4) is 17.3 Å².